The molecule has 0 radical (unpaired) electrons. The number of pyridine rings is 1. The fourth-order valence-corrected chi connectivity index (χ4v) is 3.29. The fraction of sp³-hybridized carbons (Fsp3) is 0.200. The molecule has 3 aromatic rings. The van der Waals surface area contributed by atoms with Gasteiger partial charge in [0.1, 0.15) is 12.4 Å². The number of benzene rings is 2. The van der Waals surface area contributed by atoms with E-state index >= 15 is 0 Å². The topological polar surface area (TPSA) is 59.4 Å². The van der Waals surface area contributed by atoms with E-state index in [4.69, 9.17) is 14.8 Å². The van der Waals surface area contributed by atoms with E-state index in [0.717, 1.165) is 33.5 Å². The summed E-state index contributed by atoms with van der Waals surface area (Å²) < 4.78 is 5.94. The lowest BCUT2D eigenvalue weighted by Gasteiger charge is -2.24. The Kier molecular flexibility index (Phi) is 3.10. The summed E-state index contributed by atoms with van der Waals surface area (Å²) in [4.78, 5) is 16.0. The van der Waals surface area contributed by atoms with Crippen molar-refractivity contribution >= 4 is 16.9 Å². The van der Waals surface area contributed by atoms with Gasteiger partial charge in [0.05, 0.1) is 16.8 Å². The van der Waals surface area contributed by atoms with E-state index in [9.17, 15) is 4.79 Å². The number of aromatic nitrogens is 1. The summed E-state index contributed by atoms with van der Waals surface area (Å²) in [6.45, 7) is 6.74. The number of aryl methyl sites for hydroxylation is 1. The lowest BCUT2D eigenvalue weighted by molar-refractivity contribution is 0.0697. The lowest BCUT2D eigenvalue weighted by atomic mass is 9.91. The van der Waals surface area contributed by atoms with E-state index < -0.39 is 5.97 Å². The number of hydrogen-bond acceptors (Lipinski definition) is 3. The lowest BCUT2D eigenvalue weighted by Crippen LogP contribution is -2.10. The number of ether oxygens (including phenoxy) is 1. The maximum absolute atomic E-state index is 11.2. The minimum atomic E-state index is -0.932. The molecule has 0 spiro atoms. The van der Waals surface area contributed by atoms with Gasteiger partial charge in [-0.3, -0.25) is 0 Å². The summed E-state index contributed by atoms with van der Waals surface area (Å²) in [7, 11) is 0. The Hall–Kier alpha value is -2.88. The van der Waals surface area contributed by atoms with Crippen molar-refractivity contribution in [1.29, 1.82) is 0 Å². The molecule has 0 aliphatic carbocycles. The molecule has 2 heterocycles. The Labute approximate surface area is 139 Å². The van der Waals surface area contributed by atoms with Crippen molar-refractivity contribution in [2.45, 2.75) is 27.4 Å². The van der Waals surface area contributed by atoms with Crippen LogP contribution in [0.2, 0.25) is 0 Å². The van der Waals surface area contributed by atoms with Crippen molar-refractivity contribution in [1.82, 2.24) is 4.98 Å². The highest BCUT2D eigenvalue weighted by molar-refractivity contribution is 5.94. The molecule has 1 aliphatic heterocycles. The Balaban J connectivity index is 2.00. The second-order valence-electron chi connectivity index (χ2n) is 6.31. The fourth-order valence-electron chi connectivity index (χ4n) is 3.29. The normalized spacial score (nSPS) is 12.5. The summed E-state index contributed by atoms with van der Waals surface area (Å²) in [5.41, 5.74) is 7.67. The van der Waals surface area contributed by atoms with Crippen LogP contribution in [0.3, 0.4) is 0 Å². The van der Waals surface area contributed by atoms with Crippen molar-refractivity contribution in [2.75, 3.05) is 0 Å². The molecule has 0 amide bonds. The molecule has 0 bridgehead atoms. The van der Waals surface area contributed by atoms with E-state index in [1.165, 1.54) is 16.7 Å². The molecule has 4 heteroatoms. The van der Waals surface area contributed by atoms with E-state index in [-0.39, 0.29) is 5.56 Å². The minimum Gasteiger partial charge on any atom is -0.488 e. The number of carboxylic acid groups (broad SMARTS) is 1. The third-order valence-corrected chi connectivity index (χ3v) is 4.88. The third-order valence-electron chi connectivity index (χ3n) is 4.88. The predicted molar refractivity (Wildman–Crippen MR) is 92.7 cm³/mol. The molecule has 0 atom stereocenters. The van der Waals surface area contributed by atoms with Gasteiger partial charge in [-0.1, -0.05) is 0 Å². The van der Waals surface area contributed by atoms with Crippen molar-refractivity contribution in [3.63, 3.8) is 0 Å². The molecule has 2 aromatic carbocycles. The van der Waals surface area contributed by atoms with Gasteiger partial charge in [0.25, 0.3) is 0 Å². The van der Waals surface area contributed by atoms with Gasteiger partial charge in [0.2, 0.25) is 0 Å². The largest absolute Gasteiger partial charge is 0.488 e. The van der Waals surface area contributed by atoms with Gasteiger partial charge >= 0.3 is 5.97 Å². The monoisotopic (exact) mass is 319 g/mol. The van der Waals surface area contributed by atoms with Gasteiger partial charge < -0.3 is 9.84 Å². The molecule has 1 aromatic heterocycles. The SMILES string of the molecule is Cc1cc2c(c(C)c1C)-c1nc3ccc(C(=O)O)cc3cc1CO2. The number of fused-ring (bicyclic) bond motifs is 4. The molecule has 1 N–H and O–H groups in total. The Morgan fingerprint density at radius 3 is 2.67 bits per heavy atom. The van der Waals surface area contributed by atoms with Crippen molar-refractivity contribution in [3.05, 3.63) is 58.1 Å². The zero-order chi connectivity index (χ0) is 17.0. The molecular weight excluding hydrogens is 302 g/mol. The summed E-state index contributed by atoms with van der Waals surface area (Å²) >= 11 is 0. The van der Waals surface area contributed by atoms with Crippen LogP contribution in [0.25, 0.3) is 22.2 Å². The zero-order valence-corrected chi connectivity index (χ0v) is 13.8. The van der Waals surface area contributed by atoms with Crippen LogP contribution >= 0.6 is 0 Å². The molecule has 4 nitrogen and oxygen atoms in total. The number of hydrogen-bond donors (Lipinski definition) is 1. The van der Waals surface area contributed by atoms with Crippen molar-refractivity contribution in [2.24, 2.45) is 0 Å². The van der Waals surface area contributed by atoms with Crippen molar-refractivity contribution < 1.29 is 14.6 Å². The van der Waals surface area contributed by atoms with Crippen LogP contribution < -0.4 is 4.74 Å². The standard InChI is InChI=1S/C20H17NO3/c1-10-6-17-18(12(3)11(10)2)19-15(9-24-17)8-14-7-13(20(22)23)4-5-16(14)21-19/h4-8H,9H2,1-3H3,(H,22,23). The highest BCUT2D eigenvalue weighted by atomic mass is 16.5. The van der Waals surface area contributed by atoms with Gasteiger partial charge in [-0.05, 0) is 67.8 Å². The van der Waals surface area contributed by atoms with Crippen LogP contribution in [0.4, 0.5) is 0 Å². The Morgan fingerprint density at radius 2 is 1.92 bits per heavy atom. The molecule has 4 rings (SSSR count). The van der Waals surface area contributed by atoms with Gasteiger partial charge in [-0.2, -0.15) is 0 Å². The molecular formula is C20H17NO3. The highest BCUT2D eigenvalue weighted by Crippen LogP contribution is 2.42. The third kappa shape index (κ3) is 2.07. The molecule has 24 heavy (non-hydrogen) atoms. The van der Waals surface area contributed by atoms with Crippen LogP contribution in [0, 0.1) is 20.8 Å². The van der Waals surface area contributed by atoms with Gasteiger partial charge in [0, 0.05) is 16.5 Å². The van der Waals surface area contributed by atoms with Crippen LogP contribution in [-0.4, -0.2) is 16.1 Å². The Bertz CT molecular complexity index is 1020. The van der Waals surface area contributed by atoms with E-state index in [0.29, 0.717) is 6.61 Å². The molecule has 0 saturated carbocycles. The van der Waals surface area contributed by atoms with Gasteiger partial charge in [-0.15, -0.1) is 0 Å². The first-order valence-corrected chi connectivity index (χ1v) is 7.86. The quantitative estimate of drug-likeness (QED) is 0.721. The second-order valence-corrected chi connectivity index (χ2v) is 6.31. The van der Waals surface area contributed by atoms with E-state index in [2.05, 4.69) is 26.8 Å². The van der Waals surface area contributed by atoms with Crippen molar-refractivity contribution in [3.8, 4) is 17.0 Å². The first kappa shape index (κ1) is 14.7. The number of carbonyl (C=O) groups is 1. The minimum absolute atomic E-state index is 0.268. The first-order valence-electron chi connectivity index (χ1n) is 7.86. The first-order chi connectivity index (χ1) is 11.5. The molecule has 0 fully saturated rings. The molecule has 0 unspecified atom stereocenters. The van der Waals surface area contributed by atoms with Crippen LogP contribution in [0.1, 0.15) is 32.6 Å². The Morgan fingerprint density at radius 1 is 1.12 bits per heavy atom. The molecule has 1 aliphatic rings. The zero-order valence-electron chi connectivity index (χ0n) is 13.8. The maximum Gasteiger partial charge on any atom is 0.335 e. The van der Waals surface area contributed by atoms with E-state index in [1.54, 1.807) is 18.2 Å². The number of rotatable bonds is 1. The summed E-state index contributed by atoms with van der Waals surface area (Å²) in [6.07, 6.45) is 0. The van der Waals surface area contributed by atoms with Crippen LogP contribution in [0.15, 0.2) is 30.3 Å². The average molecular weight is 319 g/mol. The van der Waals surface area contributed by atoms with E-state index in [1.807, 2.05) is 6.07 Å². The maximum atomic E-state index is 11.2. The average Bonchev–Trinajstić information content (AvgIpc) is 2.57. The predicted octanol–water partition coefficient (Wildman–Crippen LogP) is 4.42. The summed E-state index contributed by atoms with van der Waals surface area (Å²) in [5.74, 6) is -0.0599. The molecule has 120 valence electrons. The summed E-state index contributed by atoms with van der Waals surface area (Å²) in [6, 6.07) is 9.08. The summed E-state index contributed by atoms with van der Waals surface area (Å²) in [5, 5.41) is 9.98. The second kappa shape index (κ2) is 5.06. The van der Waals surface area contributed by atoms with Crippen LogP contribution in [-0.2, 0) is 6.61 Å². The van der Waals surface area contributed by atoms with Crippen LogP contribution in [0.5, 0.6) is 5.75 Å². The number of nitrogens with zero attached hydrogens (tertiary/aromatic N) is 1. The smallest absolute Gasteiger partial charge is 0.335 e. The molecule has 0 saturated heterocycles. The van der Waals surface area contributed by atoms with Gasteiger partial charge in [-0.25, -0.2) is 9.78 Å². The number of carboxylic acids is 1. The van der Waals surface area contributed by atoms with Gasteiger partial charge in [0.15, 0.2) is 0 Å². The number of aromatic carboxylic acids is 1. The highest BCUT2D eigenvalue weighted by Gasteiger charge is 2.23.